The number of aliphatic hydroxyl groups is 1. The number of hydrogen-bond acceptors (Lipinski definition) is 6. The Morgan fingerprint density at radius 2 is 1.74 bits per heavy atom. The van der Waals surface area contributed by atoms with E-state index in [1.807, 2.05) is 42.8 Å². The number of carbonyl (C=O) groups is 1. The third kappa shape index (κ3) is 9.33. The molecule has 1 atom stereocenters. The van der Waals surface area contributed by atoms with Gasteiger partial charge in [-0.2, -0.15) is 5.10 Å². The number of aliphatic carboxylic acids is 1. The summed E-state index contributed by atoms with van der Waals surface area (Å²) in [6.45, 7) is 19.7. The van der Waals surface area contributed by atoms with Gasteiger partial charge in [-0.15, -0.1) is 0 Å². The number of nitrogens with zero attached hydrogens (tertiary/aromatic N) is 3. The predicted molar refractivity (Wildman–Crippen MR) is 185 cm³/mol. The molecule has 4 heterocycles. The Balaban J connectivity index is 0.000000892. The Hall–Kier alpha value is -3.88. The van der Waals surface area contributed by atoms with Crippen LogP contribution in [0.15, 0.2) is 72.3 Å². The van der Waals surface area contributed by atoms with E-state index in [-0.39, 0.29) is 18.1 Å². The van der Waals surface area contributed by atoms with Gasteiger partial charge < -0.3 is 24.6 Å². The lowest BCUT2D eigenvalue weighted by atomic mass is 9.92. The Labute approximate surface area is 274 Å². The average Bonchev–Trinajstić information content (AvgIpc) is 3.36. The third-order valence-corrected chi connectivity index (χ3v) is 8.21. The van der Waals surface area contributed by atoms with Crippen LogP contribution in [0, 0.1) is 6.92 Å². The fourth-order valence-electron chi connectivity index (χ4n) is 5.81. The van der Waals surface area contributed by atoms with Gasteiger partial charge in [-0.1, -0.05) is 48.6 Å². The van der Waals surface area contributed by atoms with Crippen molar-refractivity contribution in [1.29, 1.82) is 0 Å². The van der Waals surface area contributed by atoms with Crippen molar-refractivity contribution in [3.63, 3.8) is 0 Å². The molecule has 3 aliphatic rings. The lowest BCUT2D eigenvalue weighted by Gasteiger charge is -2.42. The van der Waals surface area contributed by atoms with E-state index in [4.69, 9.17) is 19.7 Å². The third-order valence-electron chi connectivity index (χ3n) is 8.21. The van der Waals surface area contributed by atoms with Gasteiger partial charge in [0.15, 0.2) is 0 Å². The molecule has 8 heteroatoms. The van der Waals surface area contributed by atoms with Crippen molar-refractivity contribution in [2.24, 2.45) is 0 Å². The molecular weight excluding hydrogens is 578 g/mol. The van der Waals surface area contributed by atoms with Gasteiger partial charge in [0.25, 0.3) is 0 Å². The maximum Gasteiger partial charge on any atom is 0.307 e. The predicted octanol–water partition coefficient (Wildman–Crippen LogP) is 7.95. The van der Waals surface area contributed by atoms with Gasteiger partial charge in [0.2, 0.25) is 0 Å². The number of aryl methyl sites for hydroxylation is 1. The summed E-state index contributed by atoms with van der Waals surface area (Å²) in [5.41, 5.74) is 5.52. The topological polar surface area (TPSA) is 97.0 Å². The first-order valence-corrected chi connectivity index (χ1v) is 16.3. The largest absolute Gasteiger partial charge is 0.490 e. The molecule has 0 saturated carbocycles. The van der Waals surface area contributed by atoms with Crippen LogP contribution in [-0.2, 0) is 9.53 Å². The van der Waals surface area contributed by atoms with E-state index in [2.05, 4.69) is 55.7 Å². The van der Waals surface area contributed by atoms with Crippen LogP contribution in [0.5, 0.6) is 5.75 Å². The van der Waals surface area contributed by atoms with Crippen LogP contribution in [0.25, 0.3) is 28.2 Å². The number of benzene rings is 2. The quantitative estimate of drug-likeness (QED) is 0.303. The molecule has 0 unspecified atom stereocenters. The molecular formula is C38H51N3O5. The number of aromatic nitrogens is 2. The zero-order valence-electron chi connectivity index (χ0n) is 28.6. The van der Waals surface area contributed by atoms with Crippen molar-refractivity contribution in [3.8, 4) is 28.1 Å². The maximum absolute atomic E-state index is 12.0. The van der Waals surface area contributed by atoms with Crippen molar-refractivity contribution >= 4 is 11.8 Å². The van der Waals surface area contributed by atoms with Crippen molar-refractivity contribution in [2.45, 2.75) is 97.9 Å². The maximum atomic E-state index is 12.0. The van der Waals surface area contributed by atoms with Crippen LogP contribution >= 0.6 is 0 Å². The van der Waals surface area contributed by atoms with Gasteiger partial charge in [0, 0.05) is 42.1 Å². The molecule has 248 valence electrons. The number of rotatable bonds is 3. The summed E-state index contributed by atoms with van der Waals surface area (Å²) in [6.07, 6.45) is 3.42. The molecule has 6 bridgehead atoms. The molecule has 3 aliphatic heterocycles. The number of piperidine rings is 1. The Kier molecular flexibility index (Phi) is 11.2. The number of ether oxygens (including phenoxy) is 2. The van der Waals surface area contributed by atoms with E-state index < -0.39 is 11.6 Å². The highest BCUT2D eigenvalue weighted by atomic mass is 16.5. The second kappa shape index (κ2) is 14.7. The summed E-state index contributed by atoms with van der Waals surface area (Å²) in [5, 5.41) is 23.4. The molecule has 8 nitrogen and oxygen atoms in total. The van der Waals surface area contributed by atoms with Crippen LogP contribution in [0.1, 0.15) is 79.3 Å². The van der Waals surface area contributed by atoms with Crippen LogP contribution < -0.4 is 4.74 Å². The summed E-state index contributed by atoms with van der Waals surface area (Å²) < 4.78 is 14.8. The molecule has 2 aromatic carbocycles. The van der Waals surface area contributed by atoms with Gasteiger partial charge in [0.05, 0.1) is 29.4 Å². The number of allylic oxidation sites excluding steroid dienone is 1. The van der Waals surface area contributed by atoms with Crippen molar-refractivity contribution in [3.05, 3.63) is 78.0 Å². The van der Waals surface area contributed by atoms with E-state index in [0.717, 1.165) is 84.0 Å². The van der Waals surface area contributed by atoms with Crippen LogP contribution in [-0.4, -0.2) is 67.9 Å². The Bertz CT molecular complexity index is 1550. The first-order valence-electron chi connectivity index (χ1n) is 16.3. The Morgan fingerprint density at radius 3 is 2.39 bits per heavy atom. The Morgan fingerprint density at radius 1 is 1.09 bits per heavy atom. The van der Waals surface area contributed by atoms with Crippen LogP contribution in [0.4, 0.5) is 0 Å². The number of fused-ring (bicyclic) bond motifs is 7. The number of para-hydroxylation sites is 1. The lowest BCUT2D eigenvalue weighted by Crippen LogP contribution is -2.45. The van der Waals surface area contributed by atoms with E-state index in [1.54, 1.807) is 20.8 Å². The number of carboxylic acids is 1. The number of carboxylic acid groups (broad SMARTS) is 1. The monoisotopic (exact) mass is 629 g/mol. The van der Waals surface area contributed by atoms with Crippen molar-refractivity contribution < 1.29 is 24.5 Å². The molecule has 0 aliphatic carbocycles. The summed E-state index contributed by atoms with van der Waals surface area (Å²) in [7, 11) is 0. The lowest BCUT2D eigenvalue weighted by molar-refractivity contribution is -0.136. The van der Waals surface area contributed by atoms with Crippen molar-refractivity contribution in [2.75, 3.05) is 19.7 Å². The highest BCUT2D eigenvalue weighted by Crippen LogP contribution is 2.36. The second-order valence-corrected chi connectivity index (χ2v) is 13.8. The zero-order chi connectivity index (χ0) is 33.6. The van der Waals surface area contributed by atoms with Gasteiger partial charge in [-0.3, -0.25) is 4.79 Å². The highest BCUT2D eigenvalue weighted by molar-refractivity contribution is 5.77. The molecule has 2 N–H and O–H groups in total. The number of hydrogen-bond donors (Lipinski definition) is 2. The first-order chi connectivity index (χ1) is 21.6. The minimum absolute atomic E-state index is 0.0560. The average molecular weight is 630 g/mol. The molecule has 1 aromatic heterocycles. The molecule has 46 heavy (non-hydrogen) atoms. The van der Waals surface area contributed by atoms with Crippen molar-refractivity contribution in [1.82, 2.24) is 14.7 Å². The minimum Gasteiger partial charge on any atom is -0.490 e. The van der Waals surface area contributed by atoms with E-state index in [9.17, 15) is 9.90 Å². The molecule has 3 aromatic rings. The van der Waals surface area contributed by atoms with Crippen LogP contribution in [0.2, 0.25) is 0 Å². The highest BCUT2D eigenvalue weighted by Gasteiger charge is 2.34. The molecule has 6 rings (SSSR count). The SMILES string of the molecule is C=C(C)/C(CC(=O)O)=C1/N2CCC(C)(CC2)OCCC[C@@H](C)Oc2ccccc2-c2cccc(c2)-c2cc(C)n1n2.CC(C)(C)O. The normalized spacial score (nSPS) is 21.4. The molecule has 1 fully saturated rings. The standard InChI is InChI=1S/C34H41N3O4.C4H10O/c1-23(2)29(22-32(38)39)33-36-17-15-34(5,16-18-36)40-19-9-10-25(4)41-31-14-7-6-13-28(31)26-11-8-12-27(21-26)30-20-24(3)37(33)35-30;1-4(2,3)5/h6-8,11-14,20-21,25H,1,9-10,15-19,22H2,2-5H3,(H,38,39);5H,1-3H3/b33-29-;/t25-;/m1./s1. The fourth-order valence-corrected chi connectivity index (χ4v) is 5.81. The molecule has 0 spiro atoms. The van der Waals surface area contributed by atoms with E-state index >= 15 is 0 Å². The fraction of sp³-hybridized carbons (Fsp3) is 0.474. The molecule has 0 amide bonds. The van der Waals surface area contributed by atoms with Gasteiger partial charge in [-0.25, -0.2) is 4.68 Å². The summed E-state index contributed by atoms with van der Waals surface area (Å²) in [6, 6.07) is 18.6. The zero-order valence-corrected chi connectivity index (χ0v) is 28.6. The van der Waals surface area contributed by atoms with Gasteiger partial charge in [0.1, 0.15) is 11.6 Å². The molecule has 0 radical (unpaired) electrons. The summed E-state index contributed by atoms with van der Waals surface area (Å²) in [4.78, 5) is 14.2. The smallest absolute Gasteiger partial charge is 0.307 e. The van der Waals surface area contributed by atoms with E-state index in [0.29, 0.717) is 12.2 Å². The molecule has 1 saturated heterocycles. The summed E-state index contributed by atoms with van der Waals surface area (Å²) in [5.74, 6) is 0.775. The van der Waals surface area contributed by atoms with E-state index in [1.165, 1.54) is 0 Å². The second-order valence-electron chi connectivity index (χ2n) is 13.8. The van der Waals surface area contributed by atoms with Gasteiger partial charge >= 0.3 is 5.97 Å². The van der Waals surface area contributed by atoms with Crippen LogP contribution in [0.3, 0.4) is 0 Å². The minimum atomic E-state index is -0.885. The van der Waals surface area contributed by atoms with Gasteiger partial charge in [-0.05, 0) is 97.9 Å². The first kappa shape index (κ1) is 35.0. The summed E-state index contributed by atoms with van der Waals surface area (Å²) >= 11 is 0.